The van der Waals surface area contributed by atoms with Crippen molar-refractivity contribution in [2.45, 2.75) is 71.3 Å². The first-order valence-electron chi connectivity index (χ1n) is 9.29. The molecule has 3 fully saturated rings. The van der Waals surface area contributed by atoms with Crippen molar-refractivity contribution in [1.82, 2.24) is 0 Å². The Bertz CT molecular complexity index is 535. The highest BCUT2D eigenvalue weighted by atomic mass is 15.1. The van der Waals surface area contributed by atoms with Gasteiger partial charge in [0.05, 0.1) is 0 Å². The van der Waals surface area contributed by atoms with Crippen molar-refractivity contribution >= 4 is 0 Å². The number of nitrogens with zero attached hydrogens (tertiary/aromatic N) is 3. The van der Waals surface area contributed by atoms with Crippen LogP contribution < -0.4 is 0 Å². The third kappa shape index (κ3) is 1.98. The van der Waals surface area contributed by atoms with Gasteiger partial charge in [0.2, 0.25) is 0 Å². The molecular weight excluding hydrogens is 270 g/mol. The Hall–Kier alpha value is -0.950. The van der Waals surface area contributed by atoms with Gasteiger partial charge in [-0.1, -0.05) is 31.1 Å². The molecule has 0 unspecified atom stereocenters. The van der Waals surface area contributed by atoms with Gasteiger partial charge in [-0.05, 0) is 91.4 Å². The van der Waals surface area contributed by atoms with Crippen molar-refractivity contribution in [2.24, 2.45) is 39.6 Å². The molecule has 0 amide bonds. The predicted molar refractivity (Wildman–Crippen MR) is 89.2 cm³/mol. The molecule has 0 radical (unpaired) electrons. The van der Waals surface area contributed by atoms with Crippen LogP contribution in [0.1, 0.15) is 65.2 Å². The molecule has 4 rings (SSSR count). The van der Waals surface area contributed by atoms with Crippen LogP contribution in [0.2, 0.25) is 0 Å². The molecule has 0 bridgehead atoms. The number of hydrogen-bond donors (Lipinski definition) is 0. The summed E-state index contributed by atoms with van der Waals surface area (Å²) in [4.78, 5) is 3.07. The van der Waals surface area contributed by atoms with Gasteiger partial charge in [-0.15, -0.1) is 0 Å². The average Bonchev–Trinajstić information content (AvgIpc) is 2.89. The zero-order chi connectivity index (χ0) is 15.4. The molecule has 7 atom stereocenters. The number of azide groups is 1. The molecule has 0 saturated heterocycles. The number of allylic oxidation sites excluding steroid dienone is 2. The molecule has 3 nitrogen and oxygen atoms in total. The van der Waals surface area contributed by atoms with E-state index in [0.717, 1.165) is 36.5 Å². The Morgan fingerprint density at radius 3 is 2.77 bits per heavy atom. The summed E-state index contributed by atoms with van der Waals surface area (Å²) >= 11 is 0. The Morgan fingerprint density at radius 2 is 1.95 bits per heavy atom. The van der Waals surface area contributed by atoms with Crippen LogP contribution in [0.15, 0.2) is 17.3 Å². The highest BCUT2D eigenvalue weighted by Crippen LogP contribution is 2.65. The fourth-order valence-electron chi connectivity index (χ4n) is 6.90. The third-order valence-corrected chi connectivity index (χ3v) is 8.18. The third-order valence-electron chi connectivity index (χ3n) is 8.18. The highest BCUT2D eigenvalue weighted by Gasteiger charge is 2.56. The van der Waals surface area contributed by atoms with E-state index in [1.54, 1.807) is 0 Å². The van der Waals surface area contributed by atoms with Gasteiger partial charge in [-0.3, -0.25) is 0 Å². The van der Waals surface area contributed by atoms with Gasteiger partial charge in [-0.2, -0.15) is 0 Å². The summed E-state index contributed by atoms with van der Waals surface area (Å²) in [7, 11) is 0. The smallest absolute Gasteiger partial charge is 0.0377 e. The molecule has 4 aliphatic rings. The quantitative estimate of drug-likeness (QED) is 0.251. The largest absolute Gasteiger partial charge is 0.0906 e. The summed E-state index contributed by atoms with van der Waals surface area (Å²) in [6, 6.07) is 0.265. The van der Waals surface area contributed by atoms with Crippen molar-refractivity contribution in [3.8, 4) is 0 Å². The summed E-state index contributed by atoms with van der Waals surface area (Å²) in [5.41, 5.74) is 9.75. The molecule has 3 heteroatoms. The van der Waals surface area contributed by atoms with Crippen molar-refractivity contribution in [3.63, 3.8) is 0 Å². The maximum Gasteiger partial charge on any atom is 0.0377 e. The fourth-order valence-corrected chi connectivity index (χ4v) is 6.90. The van der Waals surface area contributed by atoms with Gasteiger partial charge < -0.3 is 0 Å². The molecule has 0 aromatic carbocycles. The normalized spacial score (nSPS) is 53.1. The van der Waals surface area contributed by atoms with Gasteiger partial charge in [0, 0.05) is 11.0 Å². The van der Waals surface area contributed by atoms with Crippen LogP contribution >= 0.6 is 0 Å². The number of hydrogen-bond acceptors (Lipinski definition) is 1. The van der Waals surface area contributed by atoms with Crippen LogP contribution in [-0.4, -0.2) is 6.04 Å². The van der Waals surface area contributed by atoms with Gasteiger partial charge in [0.25, 0.3) is 0 Å². The molecule has 0 aromatic heterocycles. The van der Waals surface area contributed by atoms with E-state index in [0.29, 0.717) is 10.8 Å². The van der Waals surface area contributed by atoms with Crippen LogP contribution in [0.25, 0.3) is 10.4 Å². The second-order valence-electron chi connectivity index (χ2n) is 8.97. The summed E-state index contributed by atoms with van der Waals surface area (Å²) in [6.07, 6.45) is 15.4. The van der Waals surface area contributed by atoms with Crippen LogP contribution in [0.3, 0.4) is 0 Å². The van der Waals surface area contributed by atoms with Gasteiger partial charge in [0.15, 0.2) is 0 Å². The molecule has 0 spiro atoms. The second kappa shape index (κ2) is 5.03. The summed E-state index contributed by atoms with van der Waals surface area (Å²) < 4.78 is 0. The first-order valence-corrected chi connectivity index (χ1v) is 9.29. The van der Waals surface area contributed by atoms with E-state index in [9.17, 15) is 0 Å². The van der Waals surface area contributed by atoms with E-state index in [-0.39, 0.29) is 6.04 Å². The summed E-state index contributed by atoms with van der Waals surface area (Å²) in [5, 5.41) is 4.04. The lowest BCUT2D eigenvalue weighted by Crippen LogP contribution is -2.53. The molecule has 0 aliphatic heterocycles. The topological polar surface area (TPSA) is 48.8 Å². The minimum absolute atomic E-state index is 0.265. The standard InChI is InChI=1S/C19H29N3/c1-18-9-3-4-16(18)15-6-5-13-12-14(21-22-20)7-11-19(13,2)17(15)8-10-18/h3,9,13-17H,4-8,10-12H2,1-2H3/t13-,14+,15-,16-,17+,18-,19-/m0/s1. The second-order valence-corrected chi connectivity index (χ2v) is 8.97. The molecule has 22 heavy (non-hydrogen) atoms. The van der Waals surface area contributed by atoms with Crippen molar-refractivity contribution < 1.29 is 0 Å². The van der Waals surface area contributed by atoms with E-state index < -0.39 is 0 Å². The fraction of sp³-hybridized carbons (Fsp3) is 0.895. The van der Waals surface area contributed by atoms with E-state index >= 15 is 0 Å². The van der Waals surface area contributed by atoms with Crippen LogP contribution in [0, 0.1) is 34.5 Å². The van der Waals surface area contributed by atoms with Gasteiger partial charge in [-0.25, -0.2) is 0 Å². The molecule has 4 aliphatic carbocycles. The number of fused-ring (bicyclic) bond motifs is 5. The highest BCUT2D eigenvalue weighted by molar-refractivity contribution is 5.16. The van der Waals surface area contributed by atoms with Crippen LogP contribution in [0.5, 0.6) is 0 Å². The van der Waals surface area contributed by atoms with E-state index in [1.807, 2.05) is 0 Å². The summed E-state index contributed by atoms with van der Waals surface area (Å²) in [5.74, 6) is 3.54. The predicted octanol–water partition coefficient (Wildman–Crippen LogP) is 5.87. The van der Waals surface area contributed by atoms with E-state index in [4.69, 9.17) is 5.53 Å². The lowest BCUT2D eigenvalue weighted by atomic mass is 9.45. The van der Waals surface area contributed by atoms with E-state index in [2.05, 4.69) is 36.0 Å². The van der Waals surface area contributed by atoms with Crippen molar-refractivity contribution in [1.29, 1.82) is 0 Å². The SMILES string of the molecule is C[C@]12CC[C@@H](N=[N+]=[N-])C[C@@H]1CC[C@@H]1[C@H]2CC[C@]2(C)C=CC[C@@H]12. The first-order chi connectivity index (χ1) is 10.6. The lowest BCUT2D eigenvalue weighted by Gasteiger charge is -2.60. The first kappa shape index (κ1) is 14.6. The minimum Gasteiger partial charge on any atom is -0.0906 e. The molecule has 0 heterocycles. The Kier molecular flexibility index (Phi) is 3.34. The van der Waals surface area contributed by atoms with Gasteiger partial charge >= 0.3 is 0 Å². The summed E-state index contributed by atoms with van der Waals surface area (Å²) in [6.45, 7) is 5.08. The Morgan fingerprint density at radius 1 is 1.09 bits per heavy atom. The van der Waals surface area contributed by atoms with Gasteiger partial charge in [0.1, 0.15) is 0 Å². The molecule has 0 aromatic rings. The Labute approximate surface area is 134 Å². The van der Waals surface area contributed by atoms with Crippen molar-refractivity contribution in [3.05, 3.63) is 22.6 Å². The molecule has 0 N–H and O–H groups in total. The van der Waals surface area contributed by atoms with E-state index in [1.165, 1.54) is 38.5 Å². The molecule has 120 valence electrons. The minimum atomic E-state index is 0.265. The Balaban J connectivity index is 1.58. The zero-order valence-electron chi connectivity index (χ0n) is 14.0. The lowest BCUT2D eigenvalue weighted by molar-refractivity contribution is -0.0995. The molecule has 3 saturated carbocycles. The average molecular weight is 299 g/mol. The number of rotatable bonds is 1. The maximum atomic E-state index is 8.75. The molecular formula is C19H29N3. The maximum absolute atomic E-state index is 8.75. The monoisotopic (exact) mass is 299 g/mol. The zero-order valence-corrected chi connectivity index (χ0v) is 14.0. The van der Waals surface area contributed by atoms with Crippen LogP contribution in [0.4, 0.5) is 0 Å². The van der Waals surface area contributed by atoms with Crippen molar-refractivity contribution in [2.75, 3.05) is 0 Å². The van der Waals surface area contributed by atoms with Crippen LogP contribution in [-0.2, 0) is 0 Å².